The minimum Gasteiger partial charge on any atom is -0.505 e. The van der Waals surface area contributed by atoms with Crippen LogP contribution in [0.15, 0.2) is 35.3 Å². The maximum atomic E-state index is 14.3. The molecule has 0 fully saturated rings. The van der Waals surface area contributed by atoms with Gasteiger partial charge in [0.05, 0.1) is 16.6 Å². The highest BCUT2D eigenvalue weighted by molar-refractivity contribution is 5.95. The van der Waals surface area contributed by atoms with Gasteiger partial charge in [0.25, 0.3) is 0 Å². The fraction of sp³-hybridized carbons (Fsp3) is 0.111. The Morgan fingerprint density at radius 3 is 2.46 bits per heavy atom. The summed E-state index contributed by atoms with van der Waals surface area (Å²) in [6.07, 6.45) is 1.07. The first kappa shape index (κ1) is 17.4. The van der Waals surface area contributed by atoms with Crippen LogP contribution in [0.4, 0.5) is 14.5 Å². The molecule has 1 aromatic heterocycles. The van der Waals surface area contributed by atoms with Crippen LogP contribution in [-0.2, 0) is 0 Å². The van der Waals surface area contributed by atoms with Crippen molar-refractivity contribution in [2.24, 2.45) is 0 Å². The summed E-state index contributed by atoms with van der Waals surface area (Å²) in [6, 6.07) is 4.37. The number of benzene rings is 2. The number of phenolic OH excluding ortho intramolecular Hbond substituents is 1. The summed E-state index contributed by atoms with van der Waals surface area (Å²) >= 11 is 0. The van der Waals surface area contributed by atoms with Crippen molar-refractivity contribution >= 4 is 22.6 Å². The van der Waals surface area contributed by atoms with E-state index < -0.39 is 34.3 Å². The quantitative estimate of drug-likeness (QED) is 0.668. The van der Waals surface area contributed by atoms with Gasteiger partial charge < -0.3 is 20.1 Å². The zero-order chi connectivity index (χ0) is 19.2. The van der Waals surface area contributed by atoms with Crippen molar-refractivity contribution in [2.75, 3.05) is 12.4 Å². The number of nitrogens with one attached hydrogen (secondary N) is 1. The molecular weight excluding hydrogens is 346 g/mol. The molecule has 134 valence electrons. The number of nitrogens with zero attached hydrogens (tertiary/aromatic N) is 1. The number of phenols is 1. The Bertz CT molecular complexity index is 1120. The second-order valence-corrected chi connectivity index (χ2v) is 5.69. The number of aromatic hydroxyl groups is 1. The molecule has 1 heterocycles. The second-order valence-electron chi connectivity index (χ2n) is 5.69. The number of aromatic nitrogens is 1. The molecule has 0 radical (unpaired) electrons. The Balaban J connectivity index is 2.54. The van der Waals surface area contributed by atoms with Gasteiger partial charge in [-0.05, 0) is 30.7 Å². The Labute approximate surface area is 145 Å². The van der Waals surface area contributed by atoms with Crippen LogP contribution in [-0.4, -0.2) is 27.8 Å². The standard InChI is InChI=1S/C18H14F2N2O4/c1-8-15(21-2)13(20)6-10-16(8)22(7-11(17(10)24)18(25)26)9-3-4-12(19)14(23)5-9/h3-7,21,23H,1-2H3,(H,25,26). The van der Waals surface area contributed by atoms with Crippen LogP contribution < -0.4 is 10.7 Å². The second kappa shape index (κ2) is 6.14. The molecule has 2 aromatic carbocycles. The molecule has 0 bridgehead atoms. The third-order valence-corrected chi connectivity index (χ3v) is 4.17. The summed E-state index contributed by atoms with van der Waals surface area (Å²) in [5, 5.41) is 21.5. The minimum absolute atomic E-state index is 0.136. The summed E-state index contributed by atoms with van der Waals surface area (Å²) in [5.41, 5.74) is -0.442. The van der Waals surface area contributed by atoms with Crippen LogP contribution >= 0.6 is 0 Å². The number of aryl methyl sites for hydroxylation is 1. The van der Waals surface area contributed by atoms with Crippen molar-refractivity contribution in [2.45, 2.75) is 6.92 Å². The molecule has 0 spiro atoms. The summed E-state index contributed by atoms with van der Waals surface area (Å²) in [5.74, 6) is -3.67. The molecule has 26 heavy (non-hydrogen) atoms. The van der Waals surface area contributed by atoms with E-state index in [4.69, 9.17) is 0 Å². The first-order valence-electron chi connectivity index (χ1n) is 7.54. The normalized spacial score (nSPS) is 10.9. The average molecular weight is 360 g/mol. The van der Waals surface area contributed by atoms with E-state index in [9.17, 15) is 28.6 Å². The van der Waals surface area contributed by atoms with Gasteiger partial charge in [0.2, 0.25) is 5.43 Å². The smallest absolute Gasteiger partial charge is 0.341 e. The van der Waals surface area contributed by atoms with Gasteiger partial charge in [-0.2, -0.15) is 0 Å². The number of rotatable bonds is 3. The lowest BCUT2D eigenvalue weighted by Gasteiger charge is -2.17. The maximum absolute atomic E-state index is 14.3. The predicted molar refractivity (Wildman–Crippen MR) is 92.4 cm³/mol. The van der Waals surface area contributed by atoms with Crippen molar-refractivity contribution in [1.29, 1.82) is 0 Å². The van der Waals surface area contributed by atoms with Gasteiger partial charge in [-0.1, -0.05) is 0 Å². The molecule has 3 N–H and O–H groups in total. The van der Waals surface area contributed by atoms with Crippen LogP contribution in [0, 0.1) is 18.6 Å². The molecule has 0 saturated heterocycles. The van der Waals surface area contributed by atoms with Gasteiger partial charge in [0.1, 0.15) is 11.4 Å². The summed E-state index contributed by atoms with van der Waals surface area (Å²) < 4.78 is 29.0. The number of carboxylic acids is 1. The van der Waals surface area contributed by atoms with Gasteiger partial charge in [0.15, 0.2) is 11.6 Å². The number of anilines is 1. The zero-order valence-electron chi connectivity index (χ0n) is 13.8. The molecule has 0 aliphatic carbocycles. The van der Waals surface area contributed by atoms with Crippen molar-refractivity contribution in [3.63, 3.8) is 0 Å². The number of carboxylic acid groups (broad SMARTS) is 1. The summed E-state index contributed by atoms with van der Waals surface area (Å²) in [4.78, 5) is 23.9. The largest absolute Gasteiger partial charge is 0.505 e. The highest BCUT2D eigenvalue weighted by Crippen LogP contribution is 2.30. The molecule has 0 unspecified atom stereocenters. The van der Waals surface area contributed by atoms with E-state index >= 15 is 0 Å². The summed E-state index contributed by atoms with van der Waals surface area (Å²) in [6.45, 7) is 1.57. The third kappa shape index (κ3) is 2.55. The van der Waals surface area contributed by atoms with E-state index in [1.54, 1.807) is 6.92 Å². The van der Waals surface area contributed by atoms with Gasteiger partial charge in [0, 0.05) is 25.0 Å². The van der Waals surface area contributed by atoms with Crippen molar-refractivity contribution in [3.8, 4) is 11.4 Å². The number of carbonyl (C=O) groups is 1. The first-order valence-corrected chi connectivity index (χ1v) is 7.54. The van der Waals surface area contributed by atoms with Crippen LogP contribution in [0.3, 0.4) is 0 Å². The molecule has 3 rings (SSSR count). The van der Waals surface area contributed by atoms with Gasteiger partial charge in [-0.15, -0.1) is 0 Å². The van der Waals surface area contributed by atoms with Crippen molar-refractivity contribution < 1.29 is 23.8 Å². The molecule has 8 heteroatoms. The van der Waals surface area contributed by atoms with Crippen LogP contribution in [0.1, 0.15) is 15.9 Å². The van der Waals surface area contributed by atoms with E-state index in [-0.39, 0.29) is 22.3 Å². The zero-order valence-corrected chi connectivity index (χ0v) is 13.8. The Morgan fingerprint density at radius 1 is 1.19 bits per heavy atom. The Kier molecular flexibility index (Phi) is 4.11. The number of hydrogen-bond donors (Lipinski definition) is 3. The Morgan fingerprint density at radius 2 is 1.88 bits per heavy atom. The van der Waals surface area contributed by atoms with Gasteiger partial charge in [-0.25, -0.2) is 13.6 Å². The molecule has 6 nitrogen and oxygen atoms in total. The van der Waals surface area contributed by atoms with Crippen LogP contribution in [0.25, 0.3) is 16.6 Å². The molecule has 0 saturated carbocycles. The monoisotopic (exact) mass is 360 g/mol. The van der Waals surface area contributed by atoms with E-state index in [0.29, 0.717) is 5.56 Å². The first-order chi connectivity index (χ1) is 12.3. The molecule has 0 atom stereocenters. The maximum Gasteiger partial charge on any atom is 0.341 e. The average Bonchev–Trinajstić information content (AvgIpc) is 2.58. The highest BCUT2D eigenvalue weighted by atomic mass is 19.1. The number of aromatic carboxylic acids is 1. The fourth-order valence-electron chi connectivity index (χ4n) is 2.96. The molecule has 3 aromatic rings. The number of halogens is 2. The van der Waals surface area contributed by atoms with Crippen LogP contribution in [0.5, 0.6) is 5.75 Å². The lowest BCUT2D eigenvalue weighted by atomic mass is 10.0. The molecule has 0 aliphatic rings. The number of fused-ring (bicyclic) bond motifs is 1. The predicted octanol–water partition coefficient (Wildman–Crippen LogP) is 3.02. The van der Waals surface area contributed by atoms with E-state index in [2.05, 4.69) is 5.32 Å². The lowest BCUT2D eigenvalue weighted by molar-refractivity contribution is 0.0695. The fourth-order valence-corrected chi connectivity index (χ4v) is 2.96. The minimum atomic E-state index is -1.48. The SMILES string of the molecule is CNc1c(F)cc2c(=O)c(C(=O)O)cn(-c3ccc(F)c(O)c3)c2c1C. The Hall–Kier alpha value is -3.42. The van der Waals surface area contributed by atoms with Crippen LogP contribution in [0.2, 0.25) is 0 Å². The summed E-state index contributed by atoms with van der Waals surface area (Å²) in [7, 11) is 1.51. The molecule has 0 aliphatic heterocycles. The number of pyridine rings is 1. The van der Waals surface area contributed by atoms with E-state index in [1.165, 1.54) is 17.7 Å². The third-order valence-electron chi connectivity index (χ3n) is 4.17. The van der Waals surface area contributed by atoms with Crippen molar-refractivity contribution in [1.82, 2.24) is 4.57 Å². The molecule has 0 amide bonds. The number of hydrogen-bond acceptors (Lipinski definition) is 4. The topological polar surface area (TPSA) is 91.6 Å². The van der Waals surface area contributed by atoms with Gasteiger partial charge >= 0.3 is 5.97 Å². The lowest BCUT2D eigenvalue weighted by Crippen LogP contribution is -2.19. The van der Waals surface area contributed by atoms with E-state index in [0.717, 1.165) is 24.4 Å². The highest BCUT2D eigenvalue weighted by Gasteiger charge is 2.20. The van der Waals surface area contributed by atoms with Gasteiger partial charge in [-0.3, -0.25) is 4.79 Å². The molecular formula is C18H14F2N2O4. The van der Waals surface area contributed by atoms with Crippen molar-refractivity contribution in [3.05, 3.63) is 63.4 Å². The van der Waals surface area contributed by atoms with E-state index in [1.807, 2.05) is 0 Å².